The third-order valence-electron chi connectivity index (χ3n) is 2.51. The molecule has 0 radical (unpaired) electrons. The number of carbonyl (C=O) groups excluding carboxylic acids is 1. The molecule has 0 aliphatic carbocycles. The highest BCUT2D eigenvalue weighted by atomic mass is 32.1. The van der Waals surface area contributed by atoms with Crippen LogP contribution in [0.3, 0.4) is 0 Å². The van der Waals surface area contributed by atoms with E-state index in [-0.39, 0.29) is 5.91 Å². The van der Waals surface area contributed by atoms with Crippen molar-refractivity contribution in [2.24, 2.45) is 5.10 Å². The van der Waals surface area contributed by atoms with Gasteiger partial charge in [0.25, 0.3) is 5.91 Å². The van der Waals surface area contributed by atoms with E-state index in [1.807, 2.05) is 23.8 Å². The summed E-state index contributed by atoms with van der Waals surface area (Å²) < 4.78 is 5.46. The van der Waals surface area contributed by atoms with E-state index in [4.69, 9.17) is 4.74 Å². The summed E-state index contributed by atoms with van der Waals surface area (Å²) in [5.41, 5.74) is 4.02. The second kappa shape index (κ2) is 7.45. The lowest BCUT2D eigenvalue weighted by Gasteiger charge is -2.05. The van der Waals surface area contributed by atoms with E-state index in [1.165, 1.54) is 0 Å². The molecule has 0 fully saturated rings. The zero-order valence-electron chi connectivity index (χ0n) is 11.2. The predicted octanol–water partition coefficient (Wildman–Crippen LogP) is 3.30. The van der Waals surface area contributed by atoms with E-state index in [0.29, 0.717) is 12.2 Å². The molecular weight excluding hydrogens is 272 g/mol. The van der Waals surface area contributed by atoms with Crippen molar-refractivity contribution in [1.29, 1.82) is 0 Å². The Hall–Kier alpha value is -2.14. The number of rotatable bonds is 6. The molecule has 1 N–H and O–H groups in total. The Morgan fingerprint density at radius 3 is 2.80 bits per heavy atom. The topological polar surface area (TPSA) is 50.7 Å². The number of ether oxygens (including phenoxy) is 1. The van der Waals surface area contributed by atoms with Gasteiger partial charge in [0.15, 0.2) is 0 Å². The highest BCUT2D eigenvalue weighted by molar-refractivity contribution is 7.08. The molecule has 0 saturated carbocycles. The Kier molecular flexibility index (Phi) is 5.32. The average Bonchev–Trinajstić information content (AvgIpc) is 2.99. The summed E-state index contributed by atoms with van der Waals surface area (Å²) in [4.78, 5) is 11.8. The fourth-order valence-electron chi connectivity index (χ4n) is 1.50. The molecule has 5 heteroatoms. The fraction of sp³-hybridized carbons (Fsp3) is 0.200. The molecule has 1 aromatic carbocycles. The zero-order valence-corrected chi connectivity index (χ0v) is 12.0. The average molecular weight is 288 g/mol. The van der Waals surface area contributed by atoms with Crippen molar-refractivity contribution >= 4 is 23.5 Å². The number of carbonyl (C=O) groups is 1. The van der Waals surface area contributed by atoms with Crippen molar-refractivity contribution in [1.82, 2.24) is 5.43 Å². The quantitative estimate of drug-likeness (QED) is 0.655. The SMILES string of the molecule is CCCOc1ccc(C(=O)NN=Cc2ccsc2)cc1. The number of hydrogen-bond donors (Lipinski definition) is 1. The first-order chi connectivity index (χ1) is 9.79. The normalized spacial score (nSPS) is 10.7. The fourth-order valence-corrected chi connectivity index (χ4v) is 2.11. The zero-order chi connectivity index (χ0) is 14.2. The summed E-state index contributed by atoms with van der Waals surface area (Å²) in [6.07, 6.45) is 2.58. The first-order valence-electron chi connectivity index (χ1n) is 6.38. The van der Waals surface area contributed by atoms with Gasteiger partial charge in [0.2, 0.25) is 0 Å². The van der Waals surface area contributed by atoms with Crippen LogP contribution in [-0.4, -0.2) is 18.7 Å². The van der Waals surface area contributed by atoms with Gasteiger partial charge in [0, 0.05) is 11.1 Å². The van der Waals surface area contributed by atoms with E-state index in [1.54, 1.807) is 41.8 Å². The Balaban J connectivity index is 1.89. The maximum absolute atomic E-state index is 11.8. The van der Waals surface area contributed by atoms with Crippen LogP contribution >= 0.6 is 11.3 Å². The van der Waals surface area contributed by atoms with Gasteiger partial charge in [-0.05, 0) is 47.5 Å². The van der Waals surface area contributed by atoms with Crippen molar-refractivity contribution in [2.75, 3.05) is 6.61 Å². The van der Waals surface area contributed by atoms with Crippen LogP contribution in [0.4, 0.5) is 0 Å². The molecular formula is C15H16N2O2S. The summed E-state index contributed by atoms with van der Waals surface area (Å²) in [5, 5.41) is 7.82. The van der Waals surface area contributed by atoms with Gasteiger partial charge in [-0.15, -0.1) is 0 Å². The molecule has 1 heterocycles. The molecule has 0 saturated heterocycles. The second-order valence-electron chi connectivity index (χ2n) is 4.13. The molecule has 1 amide bonds. The third kappa shape index (κ3) is 4.20. The van der Waals surface area contributed by atoms with E-state index >= 15 is 0 Å². The lowest BCUT2D eigenvalue weighted by molar-refractivity contribution is 0.0955. The maximum atomic E-state index is 11.8. The summed E-state index contributed by atoms with van der Waals surface area (Å²) >= 11 is 1.58. The number of benzene rings is 1. The monoisotopic (exact) mass is 288 g/mol. The highest BCUT2D eigenvalue weighted by Gasteiger charge is 2.04. The van der Waals surface area contributed by atoms with Crippen LogP contribution in [0.5, 0.6) is 5.75 Å². The third-order valence-corrected chi connectivity index (χ3v) is 3.21. The minimum absolute atomic E-state index is 0.237. The van der Waals surface area contributed by atoms with Gasteiger partial charge in [-0.1, -0.05) is 6.92 Å². The van der Waals surface area contributed by atoms with E-state index in [2.05, 4.69) is 10.5 Å². The minimum atomic E-state index is -0.237. The molecule has 0 bridgehead atoms. The van der Waals surface area contributed by atoms with Crippen LogP contribution in [-0.2, 0) is 0 Å². The Morgan fingerprint density at radius 1 is 1.35 bits per heavy atom. The number of thiophene rings is 1. The summed E-state index contributed by atoms with van der Waals surface area (Å²) in [6.45, 7) is 2.73. The largest absolute Gasteiger partial charge is 0.494 e. The second-order valence-corrected chi connectivity index (χ2v) is 4.91. The Bertz CT molecular complexity index is 562. The lowest BCUT2D eigenvalue weighted by Crippen LogP contribution is -2.17. The van der Waals surface area contributed by atoms with Crippen LogP contribution in [0.25, 0.3) is 0 Å². The van der Waals surface area contributed by atoms with Crippen molar-refractivity contribution < 1.29 is 9.53 Å². The van der Waals surface area contributed by atoms with Crippen molar-refractivity contribution in [3.63, 3.8) is 0 Å². The van der Waals surface area contributed by atoms with Gasteiger partial charge < -0.3 is 4.74 Å². The van der Waals surface area contributed by atoms with E-state index < -0.39 is 0 Å². The molecule has 104 valence electrons. The van der Waals surface area contributed by atoms with Gasteiger partial charge >= 0.3 is 0 Å². The van der Waals surface area contributed by atoms with Crippen molar-refractivity contribution in [3.05, 3.63) is 52.2 Å². The van der Waals surface area contributed by atoms with Crippen LogP contribution in [0, 0.1) is 0 Å². The molecule has 0 spiro atoms. The molecule has 20 heavy (non-hydrogen) atoms. The Labute approximate surface area is 122 Å². The molecule has 0 aliphatic rings. The lowest BCUT2D eigenvalue weighted by atomic mass is 10.2. The summed E-state index contributed by atoms with van der Waals surface area (Å²) in [5.74, 6) is 0.531. The minimum Gasteiger partial charge on any atom is -0.494 e. The van der Waals surface area contributed by atoms with Crippen LogP contribution < -0.4 is 10.2 Å². The van der Waals surface area contributed by atoms with Gasteiger partial charge in [-0.2, -0.15) is 16.4 Å². The first-order valence-corrected chi connectivity index (χ1v) is 7.32. The number of hydrazone groups is 1. The molecule has 0 unspecified atom stereocenters. The highest BCUT2D eigenvalue weighted by Crippen LogP contribution is 2.12. The maximum Gasteiger partial charge on any atom is 0.271 e. The van der Waals surface area contributed by atoms with E-state index in [9.17, 15) is 4.79 Å². The summed E-state index contributed by atoms with van der Waals surface area (Å²) in [7, 11) is 0. The molecule has 0 aliphatic heterocycles. The van der Waals surface area contributed by atoms with Gasteiger partial charge in [-0.3, -0.25) is 4.79 Å². The molecule has 0 atom stereocenters. The Morgan fingerprint density at radius 2 is 2.15 bits per heavy atom. The number of amides is 1. The predicted molar refractivity (Wildman–Crippen MR) is 81.6 cm³/mol. The van der Waals surface area contributed by atoms with Crippen LogP contribution in [0.15, 0.2) is 46.2 Å². The van der Waals surface area contributed by atoms with Crippen molar-refractivity contribution in [2.45, 2.75) is 13.3 Å². The molecule has 4 nitrogen and oxygen atoms in total. The number of hydrogen-bond acceptors (Lipinski definition) is 4. The number of nitrogens with zero attached hydrogens (tertiary/aromatic N) is 1. The molecule has 2 aromatic rings. The van der Waals surface area contributed by atoms with Crippen LogP contribution in [0.1, 0.15) is 29.3 Å². The smallest absolute Gasteiger partial charge is 0.271 e. The van der Waals surface area contributed by atoms with Gasteiger partial charge in [0.1, 0.15) is 5.75 Å². The van der Waals surface area contributed by atoms with Crippen molar-refractivity contribution in [3.8, 4) is 5.75 Å². The van der Waals surface area contributed by atoms with Gasteiger partial charge in [0.05, 0.1) is 12.8 Å². The van der Waals surface area contributed by atoms with E-state index in [0.717, 1.165) is 17.7 Å². The molecule has 2 rings (SSSR count). The van der Waals surface area contributed by atoms with Gasteiger partial charge in [-0.25, -0.2) is 5.43 Å². The first kappa shape index (κ1) is 14.3. The molecule has 1 aromatic heterocycles. The number of nitrogens with one attached hydrogen (secondary N) is 1. The van der Waals surface area contributed by atoms with Crippen LogP contribution in [0.2, 0.25) is 0 Å². The summed E-state index contributed by atoms with van der Waals surface area (Å²) in [6, 6.07) is 8.95. The standard InChI is InChI=1S/C15H16N2O2S/c1-2-8-19-14-5-3-13(4-6-14)15(18)17-16-10-12-7-9-20-11-12/h3-7,9-11H,2,8H2,1H3,(H,17,18).